The van der Waals surface area contributed by atoms with Crippen molar-refractivity contribution in [2.45, 2.75) is 51.5 Å². The third kappa shape index (κ3) is 2.93. The predicted molar refractivity (Wildman–Crippen MR) is 80.5 cm³/mol. The molecule has 110 valence electrons. The van der Waals surface area contributed by atoms with E-state index in [0.717, 1.165) is 18.5 Å². The Morgan fingerprint density at radius 2 is 2.05 bits per heavy atom. The lowest BCUT2D eigenvalue weighted by Crippen LogP contribution is -2.41. The Kier molecular flexibility index (Phi) is 3.99. The number of hydrogen-bond acceptors (Lipinski definition) is 4. The number of hydrazine groups is 1. The fourth-order valence-electron chi connectivity index (χ4n) is 2.26. The summed E-state index contributed by atoms with van der Waals surface area (Å²) in [5.41, 5.74) is 3.93. The van der Waals surface area contributed by atoms with Gasteiger partial charge < -0.3 is 10.3 Å². The van der Waals surface area contributed by atoms with E-state index in [-0.39, 0.29) is 11.3 Å². The lowest BCUT2D eigenvalue weighted by atomic mass is 9.89. The zero-order chi connectivity index (χ0) is 14.9. The van der Waals surface area contributed by atoms with Crippen LogP contribution < -0.4 is 11.3 Å². The van der Waals surface area contributed by atoms with Crippen LogP contribution in [0, 0.1) is 0 Å². The van der Waals surface area contributed by atoms with Crippen LogP contribution in [0.25, 0.3) is 0 Å². The number of anilines is 1. The Labute approximate surface area is 120 Å². The van der Waals surface area contributed by atoms with E-state index >= 15 is 0 Å². The molecule has 2 rings (SSSR count). The van der Waals surface area contributed by atoms with Crippen molar-refractivity contribution in [1.29, 1.82) is 0 Å². The average Bonchev–Trinajstić information content (AvgIpc) is 2.34. The highest BCUT2D eigenvalue weighted by Gasteiger charge is 2.27. The monoisotopic (exact) mass is 276 g/mol. The van der Waals surface area contributed by atoms with Crippen LogP contribution in [-0.2, 0) is 5.41 Å². The predicted octanol–water partition coefficient (Wildman–Crippen LogP) is 2.29. The Hall–Kier alpha value is -1.62. The summed E-state index contributed by atoms with van der Waals surface area (Å²) in [5, 5.41) is 0. The normalized spacial score (nSPS) is 15.7. The standard InChI is InChI=1S/C15H24N4O/c1-15(2,3)12-8-10(9-13(17-12)18-16)14(20)19(4)11-6-5-7-11/h8-9,11H,5-7,16H2,1-4H3,(H,17,18). The molecule has 0 aliphatic heterocycles. The fraction of sp³-hybridized carbons (Fsp3) is 0.600. The minimum absolute atomic E-state index is 0.0408. The molecule has 0 unspecified atom stereocenters. The second-order valence-corrected chi connectivity index (χ2v) is 6.52. The Morgan fingerprint density at radius 1 is 1.40 bits per heavy atom. The molecule has 0 aromatic carbocycles. The van der Waals surface area contributed by atoms with E-state index in [1.54, 1.807) is 6.07 Å². The number of nitrogens with two attached hydrogens (primary N) is 1. The summed E-state index contributed by atoms with van der Waals surface area (Å²) < 4.78 is 0. The van der Waals surface area contributed by atoms with Gasteiger partial charge in [-0.2, -0.15) is 0 Å². The number of nitrogens with one attached hydrogen (secondary N) is 1. The molecule has 1 aliphatic rings. The van der Waals surface area contributed by atoms with E-state index in [0.29, 0.717) is 17.4 Å². The van der Waals surface area contributed by atoms with Gasteiger partial charge in [0.1, 0.15) is 5.82 Å². The summed E-state index contributed by atoms with van der Waals surface area (Å²) in [5.74, 6) is 6.04. The average molecular weight is 276 g/mol. The van der Waals surface area contributed by atoms with Crippen molar-refractivity contribution in [3.63, 3.8) is 0 Å². The molecule has 3 N–H and O–H groups in total. The fourth-order valence-corrected chi connectivity index (χ4v) is 2.26. The second kappa shape index (κ2) is 5.40. The SMILES string of the molecule is CN(C(=O)c1cc(NN)nc(C(C)(C)C)c1)C1CCC1. The molecule has 1 aromatic rings. The number of pyridine rings is 1. The maximum Gasteiger partial charge on any atom is 0.254 e. The molecule has 0 radical (unpaired) electrons. The molecule has 1 aliphatic carbocycles. The number of nitrogens with zero attached hydrogens (tertiary/aromatic N) is 2. The molecule has 0 spiro atoms. The molecule has 1 heterocycles. The summed E-state index contributed by atoms with van der Waals surface area (Å²) in [7, 11) is 1.87. The van der Waals surface area contributed by atoms with Crippen molar-refractivity contribution in [3.05, 3.63) is 23.4 Å². The zero-order valence-electron chi connectivity index (χ0n) is 12.7. The molecule has 1 amide bonds. The molecule has 0 atom stereocenters. The van der Waals surface area contributed by atoms with Crippen LogP contribution in [0.2, 0.25) is 0 Å². The first-order valence-corrected chi connectivity index (χ1v) is 7.09. The number of rotatable bonds is 3. The van der Waals surface area contributed by atoms with Crippen LogP contribution in [0.15, 0.2) is 12.1 Å². The lowest BCUT2D eigenvalue weighted by molar-refractivity contribution is 0.0652. The maximum atomic E-state index is 12.6. The van der Waals surface area contributed by atoms with Gasteiger partial charge in [-0.25, -0.2) is 10.8 Å². The summed E-state index contributed by atoms with van der Waals surface area (Å²) in [6, 6.07) is 3.97. The minimum atomic E-state index is -0.128. The number of amides is 1. The quantitative estimate of drug-likeness (QED) is 0.656. The summed E-state index contributed by atoms with van der Waals surface area (Å²) in [6.45, 7) is 6.21. The van der Waals surface area contributed by atoms with Crippen molar-refractivity contribution in [3.8, 4) is 0 Å². The highest BCUT2D eigenvalue weighted by Crippen LogP contribution is 2.27. The highest BCUT2D eigenvalue weighted by molar-refractivity contribution is 5.95. The summed E-state index contributed by atoms with van der Waals surface area (Å²) in [4.78, 5) is 18.8. The third-order valence-corrected chi connectivity index (χ3v) is 3.93. The van der Waals surface area contributed by atoms with Crippen molar-refractivity contribution in [2.24, 2.45) is 5.84 Å². The molecule has 1 saturated carbocycles. The topological polar surface area (TPSA) is 71.2 Å². The number of carbonyl (C=O) groups is 1. The van der Waals surface area contributed by atoms with Crippen LogP contribution in [0.4, 0.5) is 5.82 Å². The number of carbonyl (C=O) groups excluding carboxylic acids is 1. The number of aromatic nitrogens is 1. The van der Waals surface area contributed by atoms with Crippen LogP contribution in [-0.4, -0.2) is 28.9 Å². The zero-order valence-corrected chi connectivity index (χ0v) is 12.7. The van der Waals surface area contributed by atoms with E-state index in [9.17, 15) is 4.79 Å². The van der Waals surface area contributed by atoms with Gasteiger partial charge in [0.2, 0.25) is 0 Å². The molecule has 5 nitrogen and oxygen atoms in total. The molecule has 0 bridgehead atoms. The van der Waals surface area contributed by atoms with Crippen LogP contribution in [0.3, 0.4) is 0 Å². The van der Waals surface area contributed by atoms with Crippen LogP contribution in [0.5, 0.6) is 0 Å². The Bertz CT molecular complexity index is 503. The van der Waals surface area contributed by atoms with Gasteiger partial charge in [0.15, 0.2) is 0 Å². The molecule has 1 aromatic heterocycles. The first kappa shape index (κ1) is 14.8. The van der Waals surface area contributed by atoms with Gasteiger partial charge in [-0.3, -0.25) is 4.79 Å². The molecule has 20 heavy (non-hydrogen) atoms. The largest absolute Gasteiger partial charge is 0.339 e. The first-order chi connectivity index (χ1) is 9.32. The summed E-state index contributed by atoms with van der Waals surface area (Å²) in [6.07, 6.45) is 3.41. The molecule has 0 saturated heterocycles. The van der Waals surface area contributed by atoms with Gasteiger partial charge in [-0.15, -0.1) is 0 Å². The van der Waals surface area contributed by atoms with E-state index in [2.05, 4.69) is 31.2 Å². The van der Waals surface area contributed by atoms with E-state index in [1.165, 1.54) is 6.42 Å². The molecule has 5 heteroatoms. The van der Waals surface area contributed by atoms with Gasteiger partial charge in [-0.1, -0.05) is 20.8 Å². The smallest absolute Gasteiger partial charge is 0.254 e. The molecular weight excluding hydrogens is 252 g/mol. The molecule has 1 fully saturated rings. The van der Waals surface area contributed by atoms with Gasteiger partial charge >= 0.3 is 0 Å². The van der Waals surface area contributed by atoms with Gasteiger partial charge in [0, 0.05) is 29.8 Å². The number of hydrogen-bond donors (Lipinski definition) is 2. The number of nitrogen functional groups attached to an aromatic ring is 1. The Balaban J connectivity index is 2.32. The maximum absolute atomic E-state index is 12.6. The van der Waals surface area contributed by atoms with E-state index in [1.807, 2.05) is 18.0 Å². The van der Waals surface area contributed by atoms with E-state index in [4.69, 9.17) is 5.84 Å². The second-order valence-electron chi connectivity index (χ2n) is 6.52. The van der Waals surface area contributed by atoms with Crippen molar-refractivity contribution >= 4 is 11.7 Å². The first-order valence-electron chi connectivity index (χ1n) is 7.09. The van der Waals surface area contributed by atoms with Gasteiger partial charge in [0.25, 0.3) is 5.91 Å². The van der Waals surface area contributed by atoms with Gasteiger partial charge in [0.05, 0.1) is 0 Å². The van der Waals surface area contributed by atoms with Crippen molar-refractivity contribution < 1.29 is 4.79 Å². The summed E-state index contributed by atoms with van der Waals surface area (Å²) >= 11 is 0. The third-order valence-electron chi connectivity index (χ3n) is 3.93. The van der Waals surface area contributed by atoms with Crippen molar-refractivity contribution in [2.75, 3.05) is 12.5 Å². The van der Waals surface area contributed by atoms with Crippen LogP contribution >= 0.6 is 0 Å². The Morgan fingerprint density at radius 3 is 2.50 bits per heavy atom. The highest BCUT2D eigenvalue weighted by atomic mass is 16.2. The van der Waals surface area contributed by atoms with Crippen LogP contribution in [0.1, 0.15) is 56.1 Å². The van der Waals surface area contributed by atoms with E-state index < -0.39 is 0 Å². The molecular formula is C15H24N4O. The van der Waals surface area contributed by atoms with Gasteiger partial charge in [-0.05, 0) is 31.4 Å². The lowest BCUT2D eigenvalue weighted by Gasteiger charge is -2.35. The van der Waals surface area contributed by atoms with Crippen molar-refractivity contribution in [1.82, 2.24) is 9.88 Å². The minimum Gasteiger partial charge on any atom is -0.339 e.